The van der Waals surface area contributed by atoms with Gasteiger partial charge in [-0.05, 0) is 68.1 Å². The maximum Gasteiger partial charge on any atom is 0.407 e. The number of amides is 1. The highest BCUT2D eigenvalue weighted by Gasteiger charge is 2.50. The Labute approximate surface area is 198 Å². The molecule has 8 heteroatoms. The van der Waals surface area contributed by atoms with Crippen molar-refractivity contribution in [2.45, 2.75) is 71.3 Å². The highest BCUT2D eigenvalue weighted by molar-refractivity contribution is 5.67. The van der Waals surface area contributed by atoms with Crippen LogP contribution in [0.1, 0.15) is 63.3 Å². The predicted molar refractivity (Wildman–Crippen MR) is 125 cm³/mol. The van der Waals surface area contributed by atoms with Crippen molar-refractivity contribution in [1.82, 2.24) is 20.3 Å². The third-order valence-corrected chi connectivity index (χ3v) is 7.93. The van der Waals surface area contributed by atoms with Crippen molar-refractivity contribution < 1.29 is 19.0 Å². The lowest BCUT2D eigenvalue weighted by Crippen LogP contribution is -2.29. The standard InChI is InChI=1S/C25H42N4O4/c1-18-16-19(18)6-4-3-5-12-29-24-10-8-21-20(7-9-23(24)27-28-29)22(21)17-33-25(30)26-11-13-32-15-14-31-2/h18-22H,3-17H2,1-2H3,(H,26,30). The minimum atomic E-state index is -0.346. The Kier molecular flexibility index (Phi) is 9.01. The van der Waals surface area contributed by atoms with E-state index in [0.717, 1.165) is 44.1 Å². The van der Waals surface area contributed by atoms with Gasteiger partial charge in [-0.3, -0.25) is 0 Å². The summed E-state index contributed by atoms with van der Waals surface area (Å²) in [5.41, 5.74) is 2.54. The summed E-state index contributed by atoms with van der Waals surface area (Å²) in [4.78, 5) is 12.0. The fourth-order valence-electron chi connectivity index (χ4n) is 5.59. The maximum absolute atomic E-state index is 12.0. The monoisotopic (exact) mass is 462 g/mol. The maximum atomic E-state index is 12.0. The number of carbonyl (C=O) groups excluding carboxylic acids is 1. The lowest BCUT2D eigenvalue weighted by Gasteiger charge is -2.10. The molecule has 8 nitrogen and oxygen atoms in total. The van der Waals surface area contributed by atoms with Crippen LogP contribution in [0.2, 0.25) is 0 Å². The number of rotatable bonds is 14. The molecular formula is C25H42N4O4. The number of aromatic nitrogens is 3. The van der Waals surface area contributed by atoms with E-state index in [2.05, 4.69) is 27.2 Å². The number of nitrogens with one attached hydrogen (secondary N) is 1. The first-order valence-electron chi connectivity index (χ1n) is 13.1. The van der Waals surface area contributed by atoms with E-state index in [-0.39, 0.29) is 6.09 Å². The second-order valence-corrected chi connectivity index (χ2v) is 10.2. The molecule has 1 heterocycles. The zero-order chi connectivity index (χ0) is 23.0. The number of aryl methyl sites for hydroxylation is 2. The number of hydrogen-bond acceptors (Lipinski definition) is 6. The van der Waals surface area contributed by atoms with Crippen molar-refractivity contribution in [3.8, 4) is 0 Å². The van der Waals surface area contributed by atoms with E-state index in [1.807, 2.05) is 0 Å². The average Bonchev–Trinajstić information content (AvgIpc) is 3.64. The van der Waals surface area contributed by atoms with Gasteiger partial charge in [0.05, 0.1) is 37.8 Å². The topological polar surface area (TPSA) is 87.5 Å². The van der Waals surface area contributed by atoms with Gasteiger partial charge in [0.25, 0.3) is 0 Å². The van der Waals surface area contributed by atoms with Gasteiger partial charge in [-0.15, -0.1) is 5.10 Å². The molecule has 4 rings (SSSR count). The molecule has 0 bridgehead atoms. The quantitative estimate of drug-likeness (QED) is 0.425. The van der Waals surface area contributed by atoms with Crippen LogP contribution in [-0.4, -0.2) is 61.2 Å². The molecule has 0 spiro atoms. The van der Waals surface area contributed by atoms with Crippen LogP contribution >= 0.6 is 0 Å². The first-order valence-corrected chi connectivity index (χ1v) is 13.1. The van der Waals surface area contributed by atoms with Crippen LogP contribution in [0.5, 0.6) is 0 Å². The largest absolute Gasteiger partial charge is 0.449 e. The summed E-state index contributed by atoms with van der Waals surface area (Å²) in [7, 11) is 1.64. The summed E-state index contributed by atoms with van der Waals surface area (Å²) in [6.45, 7) is 5.90. The zero-order valence-electron chi connectivity index (χ0n) is 20.5. The Morgan fingerprint density at radius 1 is 1.12 bits per heavy atom. The SMILES string of the molecule is COCCOCCNC(=O)OCC1C2CCc3nnn(CCCCCC4CC4C)c3CCC21. The normalized spacial score (nSPS) is 27.8. The third-order valence-electron chi connectivity index (χ3n) is 7.93. The molecule has 186 valence electrons. The van der Waals surface area contributed by atoms with Gasteiger partial charge in [0.2, 0.25) is 0 Å². The summed E-state index contributed by atoms with van der Waals surface area (Å²) in [6, 6.07) is 0. The van der Waals surface area contributed by atoms with Crippen molar-refractivity contribution in [2.75, 3.05) is 40.1 Å². The summed E-state index contributed by atoms with van der Waals surface area (Å²) in [5.74, 6) is 3.78. The summed E-state index contributed by atoms with van der Waals surface area (Å²) in [5, 5.41) is 11.8. The molecule has 3 aliphatic carbocycles. The molecule has 2 saturated carbocycles. The van der Waals surface area contributed by atoms with Gasteiger partial charge in [-0.1, -0.05) is 31.4 Å². The Morgan fingerprint density at radius 2 is 1.94 bits per heavy atom. The van der Waals surface area contributed by atoms with Crippen LogP contribution in [0, 0.1) is 29.6 Å². The van der Waals surface area contributed by atoms with Gasteiger partial charge < -0.3 is 19.5 Å². The van der Waals surface area contributed by atoms with Crippen LogP contribution in [0.3, 0.4) is 0 Å². The van der Waals surface area contributed by atoms with Crippen LogP contribution in [-0.2, 0) is 33.6 Å². The molecule has 0 aromatic carbocycles. The fraction of sp³-hybridized carbons (Fsp3) is 0.880. The number of alkyl carbamates (subject to hydrolysis) is 1. The van der Waals surface area contributed by atoms with Gasteiger partial charge in [0.1, 0.15) is 0 Å². The van der Waals surface area contributed by atoms with E-state index in [4.69, 9.17) is 14.2 Å². The van der Waals surface area contributed by atoms with E-state index in [1.54, 1.807) is 7.11 Å². The minimum Gasteiger partial charge on any atom is -0.449 e. The van der Waals surface area contributed by atoms with Gasteiger partial charge >= 0.3 is 6.09 Å². The molecule has 5 atom stereocenters. The summed E-state index contributed by atoms with van der Waals surface area (Å²) in [6.07, 6.45) is 10.7. The van der Waals surface area contributed by atoms with E-state index in [0.29, 0.717) is 50.7 Å². The van der Waals surface area contributed by atoms with Gasteiger partial charge in [-0.25, -0.2) is 9.48 Å². The highest BCUT2D eigenvalue weighted by Crippen LogP contribution is 2.52. The van der Waals surface area contributed by atoms with E-state index >= 15 is 0 Å². The summed E-state index contributed by atoms with van der Waals surface area (Å²) < 4.78 is 17.9. The molecule has 1 N–H and O–H groups in total. The number of methoxy groups -OCH3 is 1. The first-order chi connectivity index (χ1) is 16.2. The van der Waals surface area contributed by atoms with Crippen molar-refractivity contribution >= 4 is 6.09 Å². The number of nitrogens with zero attached hydrogens (tertiary/aromatic N) is 3. The first kappa shape index (κ1) is 24.5. The number of fused-ring (bicyclic) bond motifs is 2. The molecule has 33 heavy (non-hydrogen) atoms. The third kappa shape index (κ3) is 7.15. The van der Waals surface area contributed by atoms with Gasteiger partial charge in [0.15, 0.2) is 0 Å². The van der Waals surface area contributed by atoms with E-state index in [9.17, 15) is 4.79 Å². The summed E-state index contributed by atoms with van der Waals surface area (Å²) >= 11 is 0. The number of hydrogen-bond donors (Lipinski definition) is 1. The zero-order valence-corrected chi connectivity index (χ0v) is 20.5. The number of unbranched alkanes of at least 4 members (excludes halogenated alkanes) is 2. The predicted octanol–water partition coefficient (Wildman–Crippen LogP) is 3.62. The van der Waals surface area contributed by atoms with Crippen LogP contribution in [0.25, 0.3) is 0 Å². The Hall–Kier alpha value is -1.67. The highest BCUT2D eigenvalue weighted by atomic mass is 16.5. The lowest BCUT2D eigenvalue weighted by molar-refractivity contribution is 0.0703. The molecular weight excluding hydrogens is 420 g/mol. The molecule has 5 unspecified atom stereocenters. The van der Waals surface area contributed by atoms with E-state index < -0.39 is 0 Å². The van der Waals surface area contributed by atoms with Crippen LogP contribution in [0.4, 0.5) is 4.79 Å². The van der Waals surface area contributed by atoms with Crippen LogP contribution < -0.4 is 5.32 Å². The van der Waals surface area contributed by atoms with Gasteiger partial charge in [-0.2, -0.15) is 0 Å². The molecule has 1 aromatic rings. The van der Waals surface area contributed by atoms with Gasteiger partial charge in [0, 0.05) is 20.2 Å². The number of ether oxygens (including phenoxy) is 3. The molecule has 1 amide bonds. The minimum absolute atomic E-state index is 0.346. The molecule has 0 aliphatic heterocycles. The van der Waals surface area contributed by atoms with Crippen molar-refractivity contribution in [3.05, 3.63) is 11.4 Å². The molecule has 1 aromatic heterocycles. The molecule has 0 radical (unpaired) electrons. The molecule has 2 fully saturated rings. The van der Waals surface area contributed by atoms with Crippen molar-refractivity contribution in [1.29, 1.82) is 0 Å². The second kappa shape index (κ2) is 12.2. The van der Waals surface area contributed by atoms with Crippen LogP contribution in [0.15, 0.2) is 0 Å². The molecule has 0 saturated heterocycles. The average molecular weight is 463 g/mol. The Balaban J connectivity index is 1.11. The fourth-order valence-corrected chi connectivity index (χ4v) is 5.59. The Bertz CT molecular complexity index is 755. The van der Waals surface area contributed by atoms with E-state index in [1.165, 1.54) is 43.5 Å². The molecule has 3 aliphatic rings. The second-order valence-electron chi connectivity index (χ2n) is 10.2. The van der Waals surface area contributed by atoms with Crippen molar-refractivity contribution in [3.63, 3.8) is 0 Å². The number of carbonyl (C=O) groups is 1. The lowest BCUT2D eigenvalue weighted by atomic mass is 10.0. The smallest absolute Gasteiger partial charge is 0.407 e. The Morgan fingerprint density at radius 3 is 2.73 bits per heavy atom. The van der Waals surface area contributed by atoms with Crippen molar-refractivity contribution in [2.24, 2.45) is 29.6 Å².